The molecule has 0 bridgehead atoms. The van der Waals surface area contributed by atoms with E-state index in [1.54, 1.807) is 19.1 Å². The Morgan fingerprint density at radius 3 is 2.94 bits per heavy atom. The van der Waals surface area contributed by atoms with Gasteiger partial charge in [-0.05, 0) is 26.0 Å². The van der Waals surface area contributed by atoms with Gasteiger partial charge in [-0.2, -0.15) is 0 Å². The molecule has 0 aliphatic carbocycles. The molecule has 1 rings (SSSR count). The molecule has 1 atom stereocenters. The Morgan fingerprint density at radius 2 is 2.33 bits per heavy atom. The summed E-state index contributed by atoms with van der Waals surface area (Å²) in [7, 11) is 0. The van der Waals surface area contributed by atoms with Crippen LogP contribution in [0.4, 0.5) is 0 Å². The second kappa shape index (κ2) is 6.81. The SMILES string of the molecule is C=CCNC(=O)COc1ccc(C)cc1[C@@H](C)O. The molecule has 98 valence electrons. The van der Waals surface area contributed by atoms with Gasteiger partial charge < -0.3 is 15.2 Å². The highest BCUT2D eigenvalue weighted by Gasteiger charge is 2.10. The van der Waals surface area contributed by atoms with E-state index < -0.39 is 6.10 Å². The summed E-state index contributed by atoms with van der Waals surface area (Å²) in [5.74, 6) is 0.316. The lowest BCUT2D eigenvalue weighted by molar-refractivity contribution is -0.122. The van der Waals surface area contributed by atoms with Gasteiger partial charge in [-0.25, -0.2) is 0 Å². The molecule has 1 aromatic rings. The average molecular weight is 249 g/mol. The quantitative estimate of drug-likeness (QED) is 0.755. The number of amides is 1. The van der Waals surface area contributed by atoms with Crippen LogP contribution in [0, 0.1) is 6.92 Å². The van der Waals surface area contributed by atoms with Crippen LogP contribution in [0.5, 0.6) is 5.75 Å². The van der Waals surface area contributed by atoms with Gasteiger partial charge in [0.2, 0.25) is 0 Å². The molecule has 1 amide bonds. The minimum absolute atomic E-state index is 0.0728. The largest absolute Gasteiger partial charge is 0.483 e. The Labute approximate surface area is 107 Å². The van der Waals surface area contributed by atoms with E-state index >= 15 is 0 Å². The van der Waals surface area contributed by atoms with Gasteiger partial charge in [-0.15, -0.1) is 6.58 Å². The minimum Gasteiger partial charge on any atom is -0.483 e. The number of aliphatic hydroxyl groups excluding tert-OH is 1. The standard InChI is InChI=1S/C14H19NO3/c1-4-7-15-14(17)9-18-13-6-5-10(2)8-12(13)11(3)16/h4-6,8,11,16H,1,7,9H2,2-3H3,(H,15,17)/t11-/m1/s1. The van der Waals surface area contributed by atoms with Crippen molar-refractivity contribution in [3.05, 3.63) is 42.0 Å². The predicted octanol–water partition coefficient (Wildman–Crippen LogP) is 1.73. The first-order valence-corrected chi connectivity index (χ1v) is 5.83. The molecule has 0 radical (unpaired) electrons. The lowest BCUT2D eigenvalue weighted by atomic mass is 10.1. The maximum absolute atomic E-state index is 11.4. The summed E-state index contributed by atoms with van der Waals surface area (Å²) in [6, 6.07) is 5.49. The topological polar surface area (TPSA) is 58.6 Å². The molecule has 0 spiro atoms. The molecule has 4 nitrogen and oxygen atoms in total. The molecule has 0 unspecified atom stereocenters. The normalized spacial score (nSPS) is 11.7. The first kappa shape index (κ1) is 14.3. The molecular weight excluding hydrogens is 230 g/mol. The smallest absolute Gasteiger partial charge is 0.258 e. The van der Waals surface area contributed by atoms with Crippen LogP contribution >= 0.6 is 0 Å². The zero-order valence-corrected chi connectivity index (χ0v) is 10.8. The van der Waals surface area contributed by atoms with Crippen molar-refractivity contribution in [2.24, 2.45) is 0 Å². The number of nitrogens with one attached hydrogen (secondary N) is 1. The van der Waals surface area contributed by atoms with E-state index in [9.17, 15) is 9.90 Å². The lowest BCUT2D eigenvalue weighted by Crippen LogP contribution is -2.29. The van der Waals surface area contributed by atoms with Gasteiger partial charge in [0.05, 0.1) is 6.10 Å². The van der Waals surface area contributed by atoms with E-state index in [0.29, 0.717) is 17.9 Å². The highest BCUT2D eigenvalue weighted by atomic mass is 16.5. The van der Waals surface area contributed by atoms with Crippen molar-refractivity contribution in [3.8, 4) is 5.75 Å². The number of aryl methyl sites for hydroxylation is 1. The molecule has 0 saturated carbocycles. The van der Waals surface area contributed by atoms with Gasteiger partial charge in [0.25, 0.3) is 5.91 Å². The van der Waals surface area contributed by atoms with Crippen molar-refractivity contribution < 1.29 is 14.6 Å². The third-order valence-electron chi connectivity index (χ3n) is 2.42. The highest BCUT2D eigenvalue weighted by molar-refractivity contribution is 5.77. The van der Waals surface area contributed by atoms with Gasteiger partial charge in [0, 0.05) is 12.1 Å². The predicted molar refractivity (Wildman–Crippen MR) is 70.5 cm³/mol. The number of carbonyl (C=O) groups is 1. The maximum Gasteiger partial charge on any atom is 0.258 e. The fraction of sp³-hybridized carbons (Fsp3) is 0.357. The van der Waals surface area contributed by atoms with E-state index in [0.717, 1.165) is 5.56 Å². The summed E-state index contributed by atoms with van der Waals surface area (Å²) in [5, 5.41) is 12.3. The molecular formula is C14H19NO3. The summed E-state index contributed by atoms with van der Waals surface area (Å²) in [6.07, 6.45) is 0.974. The van der Waals surface area contributed by atoms with Crippen LogP contribution in [0.15, 0.2) is 30.9 Å². The van der Waals surface area contributed by atoms with Gasteiger partial charge in [0.1, 0.15) is 5.75 Å². The molecule has 4 heteroatoms. The van der Waals surface area contributed by atoms with Crippen LogP contribution in [0.2, 0.25) is 0 Å². The zero-order valence-electron chi connectivity index (χ0n) is 10.8. The molecule has 18 heavy (non-hydrogen) atoms. The second-order valence-corrected chi connectivity index (χ2v) is 4.10. The van der Waals surface area contributed by atoms with Gasteiger partial charge in [-0.1, -0.05) is 17.7 Å². The number of ether oxygens (including phenoxy) is 1. The molecule has 1 aromatic carbocycles. The van der Waals surface area contributed by atoms with Gasteiger partial charge in [-0.3, -0.25) is 4.79 Å². The minimum atomic E-state index is -0.629. The molecule has 0 aliphatic rings. The van der Waals surface area contributed by atoms with Gasteiger partial charge in [0.15, 0.2) is 6.61 Å². The number of hydrogen-bond acceptors (Lipinski definition) is 3. The van der Waals surface area contributed by atoms with Crippen molar-refractivity contribution >= 4 is 5.91 Å². The summed E-state index contributed by atoms with van der Waals surface area (Å²) >= 11 is 0. The summed E-state index contributed by atoms with van der Waals surface area (Å²) in [6.45, 7) is 7.46. The van der Waals surface area contributed by atoms with Crippen molar-refractivity contribution in [1.82, 2.24) is 5.32 Å². The summed E-state index contributed by atoms with van der Waals surface area (Å²) in [5.41, 5.74) is 1.72. The summed E-state index contributed by atoms with van der Waals surface area (Å²) in [4.78, 5) is 11.4. The van der Waals surface area contributed by atoms with Crippen LogP contribution in [-0.2, 0) is 4.79 Å². The van der Waals surface area contributed by atoms with E-state index in [4.69, 9.17) is 4.74 Å². The highest BCUT2D eigenvalue weighted by Crippen LogP contribution is 2.26. The van der Waals surface area contributed by atoms with Crippen LogP contribution in [0.3, 0.4) is 0 Å². The lowest BCUT2D eigenvalue weighted by Gasteiger charge is -2.14. The van der Waals surface area contributed by atoms with Crippen molar-refractivity contribution in [1.29, 1.82) is 0 Å². The Kier molecular flexibility index (Phi) is 5.39. The second-order valence-electron chi connectivity index (χ2n) is 4.10. The fourth-order valence-corrected chi connectivity index (χ4v) is 1.51. The Morgan fingerprint density at radius 1 is 1.61 bits per heavy atom. The molecule has 0 fully saturated rings. The number of aliphatic hydroxyl groups is 1. The Bertz CT molecular complexity index is 427. The number of hydrogen-bond donors (Lipinski definition) is 2. The summed E-state index contributed by atoms with van der Waals surface area (Å²) < 4.78 is 5.41. The molecule has 0 saturated heterocycles. The van der Waals surface area contributed by atoms with E-state index in [1.807, 2.05) is 19.1 Å². The maximum atomic E-state index is 11.4. The van der Waals surface area contributed by atoms with Crippen LogP contribution in [0.1, 0.15) is 24.2 Å². The van der Waals surface area contributed by atoms with Crippen LogP contribution in [-0.4, -0.2) is 24.2 Å². The average Bonchev–Trinajstić information content (AvgIpc) is 2.34. The molecule has 0 aromatic heterocycles. The number of rotatable bonds is 6. The monoisotopic (exact) mass is 249 g/mol. The van der Waals surface area contributed by atoms with Crippen molar-refractivity contribution in [3.63, 3.8) is 0 Å². The Balaban J connectivity index is 2.66. The first-order chi connectivity index (χ1) is 8.54. The Hall–Kier alpha value is -1.81. The van der Waals surface area contributed by atoms with Crippen molar-refractivity contribution in [2.45, 2.75) is 20.0 Å². The van der Waals surface area contributed by atoms with Crippen molar-refractivity contribution in [2.75, 3.05) is 13.2 Å². The first-order valence-electron chi connectivity index (χ1n) is 5.83. The van der Waals surface area contributed by atoms with E-state index in [2.05, 4.69) is 11.9 Å². The number of carbonyl (C=O) groups excluding carboxylic acids is 1. The van der Waals surface area contributed by atoms with E-state index in [-0.39, 0.29) is 12.5 Å². The zero-order chi connectivity index (χ0) is 13.5. The van der Waals surface area contributed by atoms with Gasteiger partial charge >= 0.3 is 0 Å². The molecule has 0 aliphatic heterocycles. The third-order valence-corrected chi connectivity index (χ3v) is 2.42. The van der Waals surface area contributed by atoms with Crippen LogP contribution in [0.25, 0.3) is 0 Å². The van der Waals surface area contributed by atoms with E-state index in [1.165, 1.54) is 0 Å². The fourth-order valence-electron chi connectivity index (χ4n) is 1.51. The molecule has 2 N–H and O–H groups in total. The third kappa shape index (κ3) is 4.22. The van der Waals surface area contributed by atoms with Crippen LogP contribution < -0.4 is 10.1 Å². The number of benzene rings is 1. The molecule has 0 heterocycles.